The van der Waals surface area contributed by atoms with E-state index in [1.54, 1.807) is 12.1 Å². The first-order valence-corrected chi connectivity index (χ1v) is 6.90. The Morgan fingerprint density at radius 2 is 1.72 bits per heavy atom. The third-order valence-electron chi connectivity index (χ3n) is 3.81. The zero-order valence-corrected chi connectivity index (χ0v) is 12.3. The molecule has 0 aromatic heterocycles. The molecule has 0 amide bonds. The number of hydrogen-bond donors (Lipinski definition) is 0. The molecule has 0 unspecified atom stereocenters. The fraction of sp³-hybridized carbons (Fsp3) is 0.176. The van der Waals surface area contributed by atoms with E-state index >= 15 is 0 Å². The van der Waals surface area contributed by atoms with Crippen LogP contribution in [0.1, 0.15) is 22.3 Å². The molecule has 8 heteroatoms. The van der Waals surface area contributed by atoms with Crippen LogP contribution in [0.5, 0.6) is 11.5 Å². The highest BCUT2D eigenvalue weighted by Gasteiger charge is 2.63. The number of halogens is 5. The van der Waals surface area contributed by atoms with Crippen molar-refractivity contribution < 1.29 is 26.7 Å². The summed E-state index contributed by atoms with van der Waals surface area (Å²) in [6, 6.07) is 8.02. The predicted octanol–water partition coefficient (Wildman–Crippen LogP) is 4.64. The van der Waals surface area contributed by atoms with Gasteiger partial charge in [0, 0.05) is 18.1 Å². The Hall–Kier alpha value is -3.13. The van der Waals surface area contributed by atoms with Crippen molar-refractivity contribution >= 4 is 0 Å². The van der Waals surface area contributed by atoms with E-state index in [1.807, 2.05) is 0 Å². The average Bonchev–Trinajstić information content (AvgIpc) is 2.71. The van der Waals surface area contributed by atoms with Crippen molar-refractivity contribution in [2.45, 2.75) is 18.3 Å². The lowest BCUT2D eigenvalue weighted by Gasteiger charge is -2.18. The van der Waals surface area contributed by atoms with E-state index < -0.39 is 40.8 Å². The number of nitriles is 2. The van der Waals surface area contributed by atoms with Gasteiger partial charge in [-0.3, -0.25) is 0 Å². The molecule has 1 aliphatic carbocycles. The summed E-state index contributed by atoms with van der Waals surface area (Å²) in [5.74, 6) is -9.92. The Kier molecular flexibility index (Phi) is 3.65. The van der Waals surface area contributed by atoms with Crippen molar-refractivity contribution in [2.24, 2.45) is 0 Å². The third-order valence-corrected chi connectivity index (χ3v) is 3.81. The highest BCUT2D eigenvalue weighted by atomic mass is 19.3. The van der Waals surface area contributed by atoms with Crippen LogP contribution in [0.3, 0.4) is 0 Å². The van der Waals surface area contributed by atoms with Crippen molar-refractivity contribution in [1.82, 2.24) is 0 Å². The number of alkyl halides is 4. The minimum atomic E-state index is -4.39. The summed E-state index contributed by atoms with van der Waals surface area (Å²) >= 11 is 0. The molecule has 1 aliphatic rings. The van der Waals surface area contributed by atoms with Crippen LogP contribution in [-0.2, 0) is 12.3 Å². The standard InChI is InChI=1S/C17H7F5N2O/c18-10-3-9(7-23)4-11(5-10)25-15-2-1-14-12(13(15)8-24)6-16(19,20)17(14,21)22/h1-5H,6H2. The van der Waals surface area contributed by atoms with E-state index in [0.29, 0.717) is 0 Å². The lowest BCUT2D eigenvalue weighted by molar-refractivity contribution is -0.202. The maximum atomic E-state index is 13.8. The van der Waals surface area contributed by atoms with Gasteiger partial charge in [0.05, 0.1) is 17.2 Å². The molecule has 0 saturated carbocycles. The highest BCUT2D eigenvalue weighted by molar-refractivity contribution is 5.58. The molecule has 0 N–H and O–H groups in total. The molecule has 0 aliphatic heterocycles. The van der Waals surface area contributed by atoms with Gasteiger partial charge in [-0.15, -0.1) is 0 Å². The maximum Gasteiger partial charge on any atom is 0.335 e. The summed E-state index contributed by atoms with van der Waals surface area (Å²) in [6.07, 6.45) is -1.30. The zero-order valence-electron chi connectivity index (χ0n) is 12.3. The second-order valence-electron chi connectivity index (χ2n) is 5.42. The van der Waals surface area contributed by atoms with Crippen molar-refractivity contribution in [1.29, 1.82) is 10.5 Å². The van der Waals surface area contributed by atoms with E-state index in [2.05, 4.69) is 0 Å². The van der Waals surface area contributed by atoms with Gasteiger partial charge in [-0.2, -0.15) is 28.1 Å². The number of fused-ring (bicyclic) bond motifs is 1. The third kappa shape index (κ3) is 2.56. The Labute approximate surface area is 138 Å². The fourth-order valence-corrected chi connectivity index (χ4v) is 2.65. The Bertz CT molecular complexity index is 957. The van der Waals surface area contributed by atoms with E-state index in [4.69, 9.17) is 10.00 Å². The topological polar surface area (TPSA) is 56.8 Å². The van der Waals surface area contributed by atoms with E-state index in [9.17, 15) is 27.2 Å². The Morgan fingerprint density at radius 1 is 1.00 bits per heavy atom. The summed E-state index contributed by atoms with van der Waals surface area (Å²) in [4.78, 5) is 0. The largest absolute Gasteiger partial charge is 0.456 e. The van der Waals surface area contributed by atoms with Crippen LogP contribution < -0.4 is 4.74 Å². The molecule has 0 atom stereocenters. The first kappa shape index (κ1) is 16.7. The molecule has 0 radical (unpaired) electrons. The molecule has 126 valence electrons. The summed E-state index contributed by atoms with van der Waals surface area (Å²) in [7, 11) is 0. The number of ether oxygens (including phenoxy) is 1. The zero-order chi connectivity index (χ0) is 18.4. The van der Waals surface area contributed by atoms with Gasteiger partial charge in [-0.05, 0) is 29.8 Å². The number of rotatable bonds is 2. The van der Waals surface area contributed by atoms with Crippen LogP contribution in [0.15, 0.2) is 30.3 Å². The second kappa shape index (κ2) is 5.45. The average molecular weight is 350 g/mol. The van der Waals surface area contributed by atoms with Gasteiger partial charge >= 0.3 is 11.8 Å². The van der Waals surface area contributed by atoms with Crippen LogP contribution in [0, 0.1) is 28.5 Å². The van der Waals surface area contributed by atoms with Crippen molar-refractivity contribution in [3.63, 3.8) is 0 Å². The SMILES string of the molecule is N#Cc1cc(F)cc(Oc2ccc3c(c2C#N)CC(F)(F)C3(F)F)c1. The van der Waals surface area contributed by atoms with E-state index in [-0.39, 0.29) is 17.1 Å². The summed E-state index contributed by atoms with van der Waals surface area (Å²) in [5.41, 5.74) is -1.98. The molecule has 0 spiro atoms. The van der Waals surface area contributed by atoms with Crippen LogP contribution in [0.4, 0.5) is 22.0 Å². The molecule has 2 aromatic rings. The second-order valence-corrected chi connectivity index (χ2v) is 5.42. The van der Waals surface area contributed by atoms with Gasteiger partial charge in [0.15, 0.2) is 0 Å². The summed E-state index contributed by atoms with van der Waals surface area (Å²) in [6.45, 7) is 0. The molecule has 0 fully saturated rings. The van der Waals surface area contributed by atoms with Gasteiger partial charge in [0.25, 0.3) is 0 Å². The molecule has 0 bridgehead atoms. The van der Waals surface area contributed by atoms with Crippen molar-refractivity contribution in [2.75, 3.05) is 0 Å². The highest BCUT2D eigenvalue weighted by Crippen LogP contribution is 2.53. The maximum absolute atomic E-state index is 13.8. The van der Waals surface area contributed by atoms with E-state index in [1.165, 1.54) is 6.07 Å². The van der Waals surface area contributed by atoms with Crippen molar-refractivity contribution in [3.8, 4) is 23.6 Å². The molecule has 0 saturated heterocycles. The minimum absolute atomic E-state index is 0.0623. The first-order valence-electron chi connectivity index (χ1n) is 6.90. The number of benzene rings is 2. The fourth-order valence-electron chi connectivity index (χ4n) is 2.65. The van der Waals surface area contributed by atoms with Gasteiger partial charge in [-0.1, -0.05) is 0 Å². The molecule has 0 heterocycles. The Balaban J connectivity index is 2.09. The first-order chi connectivity index (χ1) is 11.7. The smallest absolute Gasteiger partial charge is 0.335 e. The van der Waals surface area contributed by atoms with Crippen LogP contribution in [-0.4, -0.2) is 5.92 Å². The van der Waals surface area contributed by atoms with Crippen molar-refractivity contribution in [3.05, 3.63) is 58.4 Å². The van der Waals surface area contributed by atoms with Crippen LogP contribution in [0.2, 0.25) is 0 Å². The van der Waals surface area contributed by atoms with Gasteiger partial charge < -0.3 is 4.74 Å². The normalized spacial score (nSPS) is 16.6. The predicted molar refractivity (Wildman–Crippen MR) is 74.9 cm³/mol. The lowest BCUT2D eigenvalue weighted by atomic mass is 10.0. The number of hydrogen-bond acceptors (Lipinski definition) is 3. The molecular formula is C17H7F5N2O. The van der Waals surface area contributed by atoms with Crippen LogP contribution in [0.25, 0.3) is 0 Å². The van der Waals surface area contributed by atoms with Gasteiger partial charge in [0.1, 0.15) is 23.4 Å². The van der Waals surface area contributed by atoms with Gasteiger partial charge in [-0.25, -0.2) is 4.39 Å². The molecule has 3 rings (SSSR count). The van der Waals surface area contributed by atoms with Gasteiger partial charge in [0.2, 0.25) is 0 Å². The number of nitrogens with zero attached hydrogens (tertiary/aromatic N) is 2. The molecule has 25 heavy (non-hydrogen) atoms. The van der Waals surface area contributed by atoms with E-state index in [0.717, 1.165) is 24.3 Å². The molecule has 3 nitrogen and oxygen atoms in total. The quantitative estimate of drug-likeness (QED) is 0.741. The van der Waals surface area contributed by atoms with Crippen LogP contribution >= 0.6 is 0 Å². The monoisotopic (exact) mass is 350 g/mol. The summed E-state index contributed by atoms with van der Waals surface area (Å²) in [5, 5.41) is 18.0. The Morgan fingerprint density at radius 3 is 2.36 bits per heavy atom. The summed E-state index contributed by atoms with van der Waals surface area (Å²) < 4.78 is 73.3. The minimum Gasteiger partial charge on any atom is -0.456 e. The molecule has 2 aromatic carbocycles. The lowest BCUT2D eigenvalue weighted by Crippen LogP contribution is -2.33. The molecular weight excluding hydrogens is 343 g/mol.